The lowest BCUT2D eigenvalue weighted by atomic mass is 9.92. The molecule has 0 fully saturated rings. The number of aromatic amines is 1. The van der Waals surface area contributed by atoms with Crippen molar-refractivity contribution in [1.29, 1.82) is 0 Å². The van der Waals surface area contributed by atoms with Gasteiger partial charge in [0.2, 0.25) is 5.91 Å². The molecule has 232 valence electrons. The number of rotatable bonds is 19. The van der Waals surface area contributed by atoms with Gasteiger partial charge in [-0.15, -0.1) is 5.10 Å². The van der Waals surface area contributed by atoms with E-state index in [4.69, 9.17) is 16.3 Å². The van der Waals surface area contributed by atoms with E-state index in [2.05, 4.69) is 48.2 Å². The predicted octanol–water partition coefficient (Wildman–Crippen LogP) is 8.32. The first kappa shape index (κ1) is 33.6. The molecular weight excluding hydrogens is 550 g/mol. The number of nitrogens with zero attached hydrogens (tertiary/aromatic N) is 3. The van der Waals surface area contributed by atoms with Crippen LogP contribution < -0.4 is 5.32 Å². The zero-order valence-corrected chi connectivity index (χ0v) is 26.8. The SMILES string of the molecule is CCCCCCCCCCCCCCOC(=O)CCC(=O)NCc1cccc(-c2nc3c(Cl)c(C(C)(C)C)[nH]n3n2)c1. The molecule has 1 aromatic carbocycles. The number of hydrogen-bond acceptors (Lipinski definition) is 5. The van der Waals surface area contributed by atoms with Gasteiger partial charge in [-0.25, -0.2) is 4.98 Å². The molecule has 0 bridgehead atoms. The second kappa shape index (κ2) is 17.3. The quantitative estimate of drug-likeness (QED) is 0.107. The van der Waals surface area contributed by atoms with Crippen LogP contribution in [0.25, 0.3) is 17.0 Å². The molecule has 0 unspecified atom stereocenters. The molecule has 0 saturated carbocycles. The summed E-state index contributed by atoms with van der Waals surface area (Å²) in [4.78, 5) is 29.0. The number of fused-ring (bicyclic) bond motifs is 1. The summed E-state index contributed by atoms with van der Waals surface area (Å²) in [6, 6.07) is 7.70. The number of carbonyl (C=O) groups excluding carboxylic acids is 2. The third-order valence-electron chi connectivity index (χ3n) is 7.48. The molecular formula is C33H50ClN5O3. The van der Waals surface area contributed by atoms with Gasteiger partial charge in [-0.3, -0.25) is 14.7 Å². The average molecular weight is 600 g/mol. The fraction of sp³-hybridized carbons (Fsp3) is 0.636. The minimum absolute atomic E-state index is 0.0894. The molecule has 8 nitrogen and oxygen atoms in total. The van der Waals surface area contributed by atoms with Gasteiger partial charge in [0.1, 0.15) is 5.02 Å². The molecule has 2 aromatic heterocycles. The first-order valence-corrected chi connectivity index (χ1v) is 16.2. The molecule has 42 heavy (non-hydrogen) atoms. The molecule has 0 aliphatic carbocycles. The summed E-state index contributed by atoms with van der Waals surface area (Å²) in [7, 11) is 0. The van der Waals surface area contributed by atoms with Crippen LogP contribution in [-0.2, 0) is 26.3 Å². The Labute approximate surface area is 256 Å². The van der Waals surface area contributed by atoms with Crippen LogP contribution in [0.15, 0.2) is 24.3 Å². The number of esters is 1. The average Bonchev–Trinajstić information content (AvgIpc) is 3.53. The Balaban J connectivity index is 1.28. The second-order valence-corrected chi connectivity index (χ2v) is 12.7. The summed E-state index contributed by atoms with van der Waals surface area (Å²) in [5, 5.41) is 11.2. The smallest absolute Gasteiger partial charge is 0.306 e. The first-order chi connectivity index (χ1) is 20.2. The number of benzene rings is 1. The highest BCUT2D eigenvalue weighted by Gasteiger charge is 2.24. The van der Waals surface area contributed by atoms with Gasteiger partial charge in [0, 0.05) is 23.9 Å². The van der Waals surface area contributed by atoms with Crippen LogP contribution in [0.4, 0.5) is 0 Å². The zero-order chi connectivity index (χ0) is 30.4. The fourth-order valence-electron chi connectivity index (χ4n) is 4.94. The Bertz CT molecular complexity index is 1260. The van der Waals surface area contributed by atoms with Gasteiger partial charge in [0.05, 0.1) is 18.7 Å². The number of carbonyl (C=O) groups is 2. The highest BCUT2D eigenvalue weighted by atomic mass is 35.5. The molecule has 0 spiro atoms. The van der Waals surface area contributed by atoms with Crippen molar-refractivity contribution >= 4 is 29.1 Å². The third-order valence-corrected chi connectivity index (χ3v) is 7.84. The molecule has 2 N–H and O–H groups in total. The molecule has 2 heterocycles. The largest absolute Gasteiger partial charge is 0.466 e. The van der Waals surface area contributed by atoms with Gasteiger partial charge in [-0.2, -0.15) is 4.63 Å². The Kier molecular flexibility index (Phi) is 13.8. The highest BCUT2D eigenvalue weighted by molar-refractivity contribution is 6.34. The lowest BCUT2D eigenvalue weighted by Gasteiger charge is -2.16. The van der Waals surface area contributed by atoms with Crippen molar-refractivity contribution < 1.29 is 14.3 Å². The predicted molar refractivity (Wildman–Crippen MR) is 170 cm³/mol. The maximum absolute atomic E-state index is 12.3. The van der Waals surface area contributed by atoms with E-state index in [1.165, 1.54) is 64.2 Å². The van der Waals surface area contributed by atoms with E-state index in [-0.39, 0.29) is 30.1 Å². The van der Waals surface area contributed by atoms with Gasteiger partial charge in [0.15, 0.2) is 11.5 Å². The lowest BCUT2D eigenvalue weighted by Crippen LogP contribution is -2.23. The van der Waals surface area contributed by atoms with Crippen molar-refractivity contribution in [3.8, 4) is 11.4 Å². The zero-order valence-electron chi connectivity index (χ0n) is 26.1. The van der Waals surface area contributed by atoms with Gasteiger partial charge >= 0.3 is 5.97 Å². The fourth-order valence-corrected chi connectivity index (χ4v) is 5.39. The maximum atomic E-state index is 12.3. The standard InChI is InChI=1S/C33H50ClN5O3/c1-5-6-7-8-9-10-11-12-13-14-15-16-22-42-28(41)21-20-27(40)35-24-25-18-17-19-26(23-25)31-36-32-29(34)30(33(2,3)4)37-39(32)38-31/h17-19,23,37H,5-16,20-22,24H2,1-4H3,(H,35,40). The Morgan fingerprint density at radius 3 is 2.21 bits per heavy atom. The van der Waals surface area contributed by atoms with E-state index in [9.17, 15) is 9.59 Å². The van der Waals surface area contributed by atoms with Crippen molar-refractivity contribution in [2.24, 2.45) is 0 Å². The van der Waals surface area contributed by atoms with Crippen molar-refractivity contribution in [3.05, 3.63) is 40.5 Å². The minimum atomic E-state index is -0.315. The molecule has 0 radical (unpaired) electrons. The monoisotopic (exact) mass is 599 g/mol. The summed E-state index contributed by atoms with van der Waals surface area (Å²) in [6.45, 7) is 9.26. The Morgan fingerprint density at radius 1 is 0.952 bits per heavy atom. The summed E-state index contributed by atoms with van der Waals surface area (Å²) >= 11 is 6.56. The maximum Gasteiger partial charge on any atom is 0.306 e. The van der Waals surface area contributed by atoms with E-state index < -0.39 is 0 Å². The van der Waals surface area contributed by atoms with E-state index in [0.29, 0.717) is 29.6 Å². The summed E-state index contributed by atoms with van der Waals surface area (Å²) < 4.78 is 6.92. The topological polar surface area (TPSA) is 101 Å². The van der Waals surface area contributed by atoms with E-state index in [1.54, 1.807) is 4.63 Å². The van der Waals surface area contributed by atoms with Gasteiger partial charge in [-0.05, 0) is 18.1 Å². The van der Waals surface area contributed by atoms with Crippen molar-refractivity contribution in [2.75, 3.05) is 6.61 Å². The number of amides is 1. The number of unbranched alkanes of at least 4 members (excludes halogenated alkanes) is 11. The first-order valence-electron chi connectivity index (χ1n) is 15.9. The van der Waals surface area contributed by atoms with Crippen LogP contribution in [0, 0.1) is 0 Å². The number of ether oxygens (including phenoxy) is 1. The molecule has 0 atom stereocenters. The van der Waals surface area contributed by atoms with E-state index >= 15 is 0 Å². The number of hydrogen-bond donors (Lipinski definition) is 2. The lowest BCUT2D eigenvalue weighted by molar-refractivity contribution is -0.145. The van der Waals surface area contributed by atoms with Gasteiger partial charge < -0.3 is 10.1 Å². The Morgan fingerprint density at radius 2 is 1.60 bits per heavy atom. The number of H-pyrrole nitrogens is 1. The van der Waals surface area contributed by atoms with E-state index in [1.807, 2.05) is 24.3 Å². The van der Waals surface area contributed by atoms with Crippen molar-refractivity contribution in [1.82, 2.24) is 25.1 Å². The summed E-state index contributed by atoms with van der Waals surface area (Å²) in [5.41, 5.74) is 3.06. The normalized spacial score (nSPS) is 11.7. The van der Waals surface area contributed by atoms with Crippen LogP contribution in [0.1, 0.15) is 129 Å². The molecule has 3 aromatic rings. The Hall–Kier alpha value is -2.87. The molecule has 3 rings (SSSR count). The van der Waals surface area contributed by atoms with E-state index in [0.717, 1.165) is 29.7 Å². The van der Waals surface area contributed by atoms with Crippen LogP contribution in [0.3, 0.4) is 0 Å². The van der Waals surface area contributed by atoms with Crippen LogP contribution in [0.5, 0.6) is 0 Å². The van der Waals surface area contributed by atoms with Crippen LogP contribution in [0.2, 0.25) is 5.02 Å². The third kappa shape index (κ3) is 11.1. The summed E-state index contributed by atoms with van der Waals surface area (Å²) in [5.74, 6) is 0.0513. The summed E-state index contributed by atoms with van der Waals surface area (Å²) in [6.07, 6.45) is 15.4. The number of nitrogens with one attached hydrogen (secondary N) is 2. The van der Waals surface area contributed by atoms with Crippen LogP contribution in [-0.4, -0.2) is 38.3 Å². The highest BCUT2D eigenvalue weighted by Crippen LogP contribution is 2.31. The molecule has 0 saturated heterocycles. The number of halogens is 1. The van der Waals surface area contributed by atoms with Crippen molar-refractivity contribution in [3.63, 3.8) is 0 Å². The molecule has 9 heteroatoms. The second-order valence-electron chi connectivity index (χ2n) is 12.3. The molecule has 0 aliphatic rings. The van der Waals surface area contributed by atoms with Crippen LogP contribution >= 0.6 is 11.6 Å². The number of aromatic nitrogens is 4. The van der Waals surface area contributed by atoms with Crippen molar-refractivity contribution in [2.45, 2.75) is 130 Å². The molecule has 0 aliphatic heterocycles. The molecule has 1 amide bonds. The van der Waals surface area contributed by atoms with Gasteiger partial charge in [-0.1, -0.05) is 128 Å². The van der Waals surface area contributed by atoms with Gasteiger partial charge in [0.25, 0.3) is 0 Å². The minimum Gasteiger partial charge on any atom is -0.466 e.